The number of carbonyl (C=O) groups excluding carboxylic acids is 1. The van der Waals surface area contributed by atoms with Crippen LogP contribution in [-0.2, 0) is 4.79 Å². The molecule has 0 aliphatic carbocycles. The van der Waals surface area contributed by atoms with Crippen LogP contribution in [0.15, 0.2) is 40.9 Å². The maximum absolute atomic E-state index is 13.6. The molecule has 2 aromatic carbocycles. The van der Waals surface area contributed by atoms with Gasteiger partial charge in [0.2, 0.25) is 0 Å². The van der Waals surface area contributed by atoms with Crippen molar-refractivity contribution < 1.29 is 18.3 Å². The Balaban J connectivity index is 1.64. The highest BCUT2D eigenvalue weighted by Gasteiger charge is 2.11. The molecule has 1 N–H and O–H groups in total. The monoisotopic (exact) mass is 398 g/mol. The van der Waals surface area contributed by atoms with Gasteiger partial charge in [0.25, 0.3) is 5.91 Å². The van der Waals surface area contributed by atoms with Crippen molar-refractivity contribution >= 4 is 48.5 Å². The van der Waals surface area contributed by atoms with Crippen LogP contribution in [-0.4, -0.2) is 17.5 Å². The Hall–Kier alpha value is -2.06. The van der Waals surface area contributed by atoms with Gasteiger partial charge in [-0.2, -0.15) is 0 Å². The van der Waals surface area contributed by atoms with E-state index in [0.29, 0.717) is 19.8 Å². The van der Waals surface area contributed by atoms with Gasteiger partial charge in [0.1, 0.15) is 5.82 Å². The predicted octanol–water partition coefficient (Wildman–Crippen LogP) is 4.35. The molecule has 0 saturated carbocycles. The number of halogens is 3. The lowest BCUT2D eigenvalue weighted by molar-refractivity contribution is -0.118. The zero-order chi connectivity index (χ0) is 16.4. The van der Waals surface area contributed by atoms with E-state index in [-0.39, 0.29) is 18.2 Å². The van der Waals surface area contributed by atoms with Crippen molar-refractivity contribution in [1.29, 1.82) is 0 Å². The summed E-state index contributed by atoms with van der Waals surface area (Å²) < 4.78 is 33.0. The van der Waals surface area contributed by atoms with Gasteiger partial charge in [-0.3, -0.25) is 10.1 Å². The predicted molar refractivity (Wildman–Crippen MR) is 87.8 cm³/mol. The number of hydrogen-bond acceptors (Lipinski definition) is 4. The number of amides is 1. The molecule has 4 nitrogen and oxygen atoms in total. The lowest BCUT2D eigenvalue weighted by atomic mass is 10.3. The van der Waals surface area contributed by atoms with E-state index < -0.39 is 11.7 Å². The van der Waals surface area contributed by atoms with Gasteiger partial charge in [-0.05, 0) is 36.4 Å². The molecular weight excluding hydrogens is 390 g/mol. The minimum atomic E-state index is -0.567. The molecule has 1 heterocycles. The third-order valence-electron chi connectivity index (χ3n) is 2.85. The van der Waals surface area contributed by atoms with Crippen molar-refractivity contribution in [1.82, 2.24) is 4.98 Å². The second-order valence-electron chi connectivity index (χ2n) is 4.54. The molecule has 3 aromatic rings. The van der Waals surface area contributed by atoms with Crippen LogP contribution in [0.4, 0.5) is 13.9 Å². The first-order valence-corrected chi connectivity index (χ1v) is 8.06. The number of carbonyl (C=O) groups is 1. The van der Waals surface area contributed by atoms with Crippen LogP contribution in [0.3, 0.4) is 0 Å². The molecular formula is C15H9BrF2N2O2S. The van der Waals surface area contributed by atoms with Crippen molar-refractivity contribution in [3.63, 3.8) is 0 Å². The molecule has 0 spiro atoms. The molecule has 118 valence electrons. The number of thiazole rings is 1. The van der Waals surface area contributed by atoms with Crippen molar-refractivity contribution in [3.8, 4) is 5.75 Å². The van der Waals surface area contributed by atoms with Crippen LogP contribution in [0.5, 0.6) is 5.75 Å². The van der Waals surface area contributed by atoms with Gasteiger partial charge in [-0.25, -0.2) is 13.8 Å². The number of aromatic nitrogens is 1. The summed E-state index contributed by atoms with van der Waals surface area (Å²) in [6, 6.07) is 8.45. The molecule has 23 heavy (non-hydrogen) atoms. The first-order chi connectivity index (χ1) is 11.0. The Morgan fingerprint density at radius 2 is 2.09 bits per heavy atom. The average molecular weight is 399 g/mol. The molecule has 0 bridgehead atoms. The number of nitrogens with zero attached hydrogens (tertiary/aromatic N) is 1. The number of hydrogen-bond donors (Lipinski definition) is 1. The summed E-state index contributed by atoms with van der Waals surface area (Å²) in [5.41, 5.74) is 0.589. The van der Waals surface area contributed by atoms with Crippen molar-refractivity contribution in [2.24, 2.45) is 0 Å². The SMILES string of the molecule is O=C(COc1ccc(Br)cc1F)Nc1nc2ccc(F)cc2s1. The molecule has 0 radical (unpaired) electrons. The van der Waals surface area contributed by atoms with Crippen LogP contribution in [0, 0.1) is 11.6 Å². The number of anilines is 1. The van der Waals surface area contributed by atoms with Gasteiger partial charge in [0.05, 0.1) is 10.2 Å². The molecule has 0 saturated heterocycles. The van der Waals surface area contributed by atoms with Crippen molar-refractivity contribution in [2.45, 2.75) is 0 Å². The summed E-state index contributed by atoms with van der Waals surface area (Å²) in [5.74, 6) is -1.43. The third kappa shape index (κ3) is 3.83. The summed E-state index contributed by atoms with van der Waals surface area (Å²) >= 11 is 4.28. The van der Waals surface area contributed by atoms with Crippen molar-refractivity contribution in [2.75, 3.05) is 11.9 Å². The standard InChI is InChI=1S/C15H9BrF2N2O2S/c16-8-1-4-12(10(18)5-8)22-7-14(21)20-15-19-11-3-2-9(17)6-13(11)23-15/h1-6H,7H2,(H,19,20,21). The first kappa shape index (κ1) is 15.8. The molecule has 0 atom stereocenters. The highest BCUT2D eigenvalue weighted by atomic mass is 79.9. The Morgan fingerprint density at radius 3 is 2.87 bits per heavy atom. The quantitative estimate of drug-likeness (QED) is 0.710. The zero-order valence-electron chi connectivity index (χ0n) is 11.5. The van der Waals surface area contributed by atoms with E-state index in [9.17, 15) is 13.6 Å². The highest BCUT2D eigenvalue weighted by Crippen LogP contribution is 2.26. The normalized spacial score (nSPS) is 10.7. The largest absolute Gasteiger partial charge is 0.481 e. The molecule has 8 heteroatoms. The molecule has 3 rings (SSSR count). The van der Waals surface area contributed by atoms with E-state index in [2.05, 4.69) is 26.2 Å². The molecule has 0 fully saturated rings. The van der Waals surface area contributed by atoms with Gasteiger partial charge >= 0.3 is 0 Å². The average Bonchev–Trinajstić information content (AvgIpc) is 2.87. The minimum Gasteiger partial charge on any atom is -0.481 e. The maximum atomic E-state index is 13.6. The van der Waals surface area contributed by atoms with E-state index in [4.69, 9.17) is 4.74 Å². The molecule has 0 aliphatic rings. The molecule has 0 unspecified atom stereocenters. The second-order valence-corrected chi connectivity index (χ2v) is 6.49. The van der Waals surface area contributed by atoms with Gasteiger partial charge in [0, 0.05) is 4.47 Å². The minimum absolute atomic E-state index is 0.0188. The molecule has 0 aliphatic heterocycles. The molecule has 1 amide bonds. The second kappa shape index (κ2) is 6.59. The lowest BCUT2D eigenvalue weighted by Crippen LogP contribution is -2.20. The fraction of sp³-hybridized carbons (Fsp3) is 0.0667. The summed E-state index contributed by atoms with van der Waals surface area (Å²) in [7, 11) is 0. The van der Waals surface area contributed by atoms with Crippen LogP contribution >= 0.6 is 27.3 Å². The van der Waals surface area contributed by atoms with Crippen LogP contribution in [0.1, 0.15) is 0 Å². The Morgan fingerprint density at radius 1 is 1.26 bits per heavy atom. The highest BCUT2D eigenvalue weighted by molar-refractivity contribution is 9.10. The number of ether oxygens (including phenoxy) is 1. The van der Waals surface area contributed by atoms with Gasteiger partial charge in [-0.1, -0.05) is 27.3 Å². The van der Waals surface area contributed by atoms with E-state index in [1.54, 1.807) is 6.07 Å². The zero-order valence-corrected chi connectivity index (χ0v) is 13.9. The van der Waals surface area contributed by atoms with Gasteiger partial charge in [0.15, 0.2) is 23.3 Å². The molecule has 1 aromatic heterocycles. The number of benzene rings is 2. The fourth-order valence-corrected chi connectivity index (χ4v) is 3.08. The van der Waals surface area contributed by atoms with Crippen LogP contribution < -0.4 is 10.1 Å². The lowest BCUT2D eigenvalue weighted by Gasteiger charge is -2.06. The van der Waals surface area contributed by atoms with E-state index in [0.717, 1.165) is 11.3 Å². The third-order valence-corrected chi connectivity index (χ3v) is 4.28. The van der Waals surface area contributed by atoms with Gasteiger partial charge in [-0.15, -0.1) is 0 Å². The Bertz CT molecular complexity index is 885. The maximum Gasteiger partial charge on any atom is 0.264 e. The van der Waals surface area contributed by atoms with Gasteiger partial charge < -0.3 is 4.74 Å². The van der Waals surface area contributed by atoms with E-state index in [1.807, 2.05) is 0 Å². The van der Waals surface area contributed by atoms with Crippen LogP contribution in [0.25, 0.3) is 10.2 Å². The smallest absolute Gasteiger partial charge is 0.264 e. The number of fused-ring (bicyclic) bond motifs is 1. The summed E-state index contributed by atoms with van der Waals surface area (Å²) in [5, 5.41) is 2.87. The van der Waals surface area contributed by atoms with Crippen molar-refractivity contribution in [3.05, 3.63) is 52.5 Å². The number of rotatable bonds is 4. The summed E-state index contributed by atoms with van der Waals surface area (Å²) in [4.78, 5) is 16.0. The first-order valence-electron chi connectivity index (χ1n) is 6.45. The Labute approximate surface area is 142 Å². The number of nitrogens with one attached hydrogen (secondary N) is 1. The Kier molecular flexibility index (Phi) is 4.53. The topological polar surface area (TPSA) is 51.2 Å². The fourth-order valence-electron chi connectivity index (χ4n) is 1.84. The summed E-state index contributed by atoms with van der Waals surface area (Å²) in [6.07, 6.45) is 0. The van der Waals surface area contributed by atoms with E-state index >= 15 is 0 Å². The van der Waals surface area contributed by atoms with E-state index in [1.165, 1.54) is 30.3 Å². The summed E-state index contributed by atoms with van der Waals surface area (Å²) in [6.45, 7) is -0.358. The van der Waals surface area contributed by atoms with Crippen LogP contribution in [0.2, 0.25) is 0 Å².